The van der Waals surface area contributed by atoms with Gasteiger partial charge in [-0.2, -0.15) is 23.9 Å². The fraction of sp³-hybridized carbons (Fsp3) is 0.292. The highest BCUT2D eigenvalue weighted by Gasteiger charge is 2.39. The van der Waals surface area contributed by atoms with Gasteiger partial charge in [0.05, 0.1) is 17.0 Å². The van der Waals surface area contributed by atoms with Crippen molar-refractivity contribution in [2.75, 3.05) is 5.01 Å². The van der Waals surface area contributed by atoms with Crippen LogP contribution >= 0.6 is 0 Å². The summed E-state index contributed by atoms with van der Waals surface area (Å²) in [4.78, 5) is 30.2. The first kappa shape index (κ1) is 25.0. The average Bonchev–Trinajstić information content (AvgIpc) is 3.35. The molecule has 1 unspecified atom stereocenters. The maximum Gasteiger partial charge on any atom is 0.387 e. The summed E-state index contributed by atoms with van der Waals surface area (Å²) >= 11 is 0. The van der Waals surface area contributed by atoms with Crippen molar-refractivity contribution >= 4 is 23.1 Å². The molecular formula is C24H20F4N4O4. The molecule has 1 atom stereocenters. The van der Waals surface area contributed by atoms with Gasteiger partial charge in [-0.15, -0.1) is 0 Å². The van der Waals surface area contributed by atoms with E-state index in [2.05, 4.69) is 20.0 Å². The highest BCUT2D eigenvalue weighted by Crippen LogP contribution is 2.35. The Hall–Kier alpha value is -4.09. The Morgan fingerprint density at radius 2 is 1.94 bits per heavy atom. The summed E-state index contributed by atoms with van der Waals surface area (Å²) < 4.78 is 62.6. The minimum atomic E-state index is -3.12. The predicted octanol–water partition coefficient (Wildman–Crippen LogP) is 4.91. The second kappa shape index (κ2) is 9.51. The number of anilines is 1. The van der Waals surface area contributed by atoms with Gasteiger partial charge < -0.3 is 9.26 Å². The first-order valence-electron chi connectivity index (χ1n) is 10.7. The molecule has 1 aliphatic rings. The van der Waals surface area contributed by atoms with Gasteiger partial charge in [-0.1, -0.05) is 23.4 Å². The number of amides is 1. The number of aryl methyl sites for hydroxylation is 1. The Labute approximate surface area is 202 Å². The van der Waals surface area contributed by atoms with Gasteiger partial charge in [0.15, 0.2) is 5.78 Å². The lowest BCUT2D eigenvalue weighted by atomic mass is 9.93. The van der Waals surface area contributed by atoms with Crippen LogP contribution in [0.3, 0.4) is 0 Å². The van der Waals surface area contributed by atoms with Gasteiger partial charge in [0.2, 0.25) is 11.7 Å². The van der Waals surface area contributed by atoms with Crippen LogP contribution in [0.15, 0.2) is 52.1 Å². The molecule has 8 nitrogen and oxygen atoms in total. The van der Waals surface area contributed by atoms with Crippen LogP contribution in [-0.4, -0.2) is 34.2 Å². The number of rotatable bonds is 8. The van der Waals surface area contributed by atoms with E-state index in [4.69, 9.17) is 4.52 Å². The van der Waals surface area contributed by atoms with Crippen molar-refractivity contribution in [3.63, 3.8) is 0 Å². The summed E-state index contributed by atoms with van der Waals surface area (Å²) in [6.45, 7) is 0.642. The highest BCUT2D eigenvalue weighted by molar-refractivity contribution is 6.27. The Balaban J connectivity index is 1.60. The minimum absolute atomic E-state index is 0.0254. The third-order valence-electron chi connectivity index (χ3n) is 5.46. The van der Waals surface area contributed by atoms with E-state index in [9.17, 15) is 27.2 Å². The number of hydrogen-bond acceptors (Lipinski definition) is 7. The summed E-state index contributed by atoms with van der Waals surface area (Å²) in [6, 6.07) is 9.27. The number of halogens is 4. The number of ether oxygens (including phenoxy) is 1. The number of ketones is 1. The van der Waals surface area contributed by atoms with E-state index in [1.165, 1.54) is 56.3 Å². The zero-order valence-corrected chi connectivity index (χ0v) is 19.3. The van der Waals surface area contributed by atoms with Crippen molar-refractivity contribution in [2.24, 2.45) is 11.0 Å². The van der Waals surface area contributed by atoms with Crippen LogP contribution in [0.2, 0.25) is 0 Å². The zero-order valence-electron chi connectivity index (χ0n) is 19.3. The summed E-state index contributed by atoms with van der Waals surface area (Å²) in [5.74, 6) is -5.62. The first-order chi connectivity index (χ1) is 16.9. The molecule has 1 aliphatic heterocycles. The summed E-state index contributed by atoms with van der Waals surface area (Å²) in [5, 5.41) is 8.86. The number of hydrazone groups is 1. The third-order valence-corrected chi connectivity index (χ3v) is 5.46. The summed E-state index contributed by atoms with van der Waals surface area (Å²) in [6.07, 6.45) is -0.254. The van der Waals surface area contributed by atoms with Gasteiger partial charge in [-0.25, -0.2) is 8.78 Å². The summed E-state index contributed by atoms with van der Waals surface area (Å²) in [7, 11) is 0. The van der Waals surface area contributed by atoms with Crippen molar-refractivity contribution in [3.05, 3.63) is 59.5 Å². The van der Waals surface area contributed by atoms with Crippen molar-refractivity contribution < 1.29 is 36.4 Å². The predicted molar refractivity (Wildman–Crippen MR) is 120 cm³/mol. The zero-order chi connectivity index (χ0) is 26.2. The quantitative estimate of drug-likeness (QED) is 0.320. The van der Waals surface area contributed by atoms with E-state index in [1.54, 1.807) is 0 Å². The molecule has 0 aliphatic carbocycles. The van der Waals surface area contributed by atoms with E-state index >= 15 is 0 Å². The van der Waals surface area contributed by atoms with Gasteiger partial charge in [0, 0.05) is 25.8 Å². The molecule has 12 heteroatoms. The highest BCUT2D eigenvalue weighted by atomic mass is 19.3. The lowest BCUT2D eigenvalue weighted by molar-refractivity contribution is -0.128. The third kappa shape index (κ3) is 5.11. The molecule has 0 saturated heterocycles. The monoisotopic (exact) mass is 504 g/mol. The number of nitrogens with zero attached hydrogens (tertiary/aromatic N) is 4. The number of benzene rings is 2. The number of alkyl halides is 4. The van der Waals surface area contributed by atoms with Crippen molar-refractivity contribution in [1.82, 2.24) is 10.1 Å². The number of carbonyl (C=O) groups excluding carboxylic acids is 2. The Morgan fingerprint density at radius 3 is 2.58 bits per heavy atom. The number of aromatic nitrogens is 2. The van der Waals surface area contributed by atoms with Crippen LogP contribution in [0.1, 0.15) is 30.9 Å². The van der Waals surface area contributed by atoms with E-state index in [1.807, 2.05) is 0 Å². The Kier molecular flexibility index (Phi) is 6.61. The van der Waals surface area contributed by atoms with Gasteiger partial charge >= 0.3 is 6.61 Å². The normalized spacial score (nSPS) is 16.0. The van der Waals surface area contributed by atoms with Crippen LogP contribution in [-0.2, 0) is 21.9 Å². The van der Waals surface area contributed by atoms with Crippen molar-refractivity contribution in [2.45, 2.75) is 39.7 Å². The topological polar surface area (TPSA) is 97.9 Å². The second-order valence-electron chi connectivity index (χ2n) is 8.25. The van der Waals surface area contributed by atoms with Crippen LogP contribution in [0.25, 0.3) is 11.4 Å². The number of Topliss-reactive ketones (excluding diaryl/α,β-unsaturated/α-hetero) is 1. The van der Waals surface area contributed by atoms with Crippen LogP contribution < -0.4 is 9.75 Å². The molecule has 0 fully saturated rings. The Morgan fingerprint density at radius 1 is 1.19 bits per heavy atom. The van der Waals surface area contributed by atoms with Gasteiger partial charge in [-0.3, -0.25) is 9.59 Å². The minimum Gasteiger partial charge on any atom is -0.434 e. The van der Waals surface area contributed by atoms with Gasteiger partial charge in [0.1, 0.15) is 11.7 Å². The van der Waals surface area contributed by atoms with E-state index in [0.717, 1.165) is 11.9 Å². The van der Waals surface area contributed by atoms with E-state index in [-0.39, 0.29) is 46.4 Å². The van der Waals surface area contributed by atoms with Gasteiger partial charge in [0.25, 0.3) is 11.8 Å². The number of carbonyl (C=O) groups is 2. The Bertz CT molecular complexity index is 1350. The smallest absolute Gasteiger partial charge is 0.387 e. The lowest BCUT2D eigenvalue weighted by Gasteiger charge is -2.16. The molecule has 0 saturated carbocycles. The molecule has 1 aromatic heterocycles. The molecule has 188 valence electrons. The molecule has 0 radical (unpaired) electrons. The maximum atomic E-state index is 13.7. The second-order valence-corrected chi connectivity index (χ2v) is 8.25. The standard InChI is InChI=1S/C24H20F4N4O4/c1-12-20(18(33)10-14-5-4-6-15(9-14)24(3,27)28)22(34)32(30-12)16-7-8-19(35-23(25)26)17(11-16)21-29-13(2)36-31-21/h4-9,11,20,23H,10H2,1-3H3. The summed E-state index contributed by atoms with van der Waals surface area (Å²) in [5.41, 5.74) is 0.472. The molecule has 1 amide bonds. The van der Waals surface area contributed by atoms with Gasteiger partial charge in [-0.05, 0) is 36.8 Å². The molecule has 4 rings (SSSR count). The van der Waals surface area contributed by atoms with Crippen molar-refractivity contribution in [1.29, 1.82) is 0 Å². The molecule has 3 aromatic rings. The molecule has 0 N–H and O–H groups in total. The molecule has 36 heavy (non-hydrogen) atoms. The lowest BCUT2D eigenvalue weighted by Crippen LogP contribution is -2.33. The fourth-order valence-corrected chi connectivity index (χ4v) is 3.81. The molecule has 0 spiro atoms. The molecule has 2 aromatic carbocycles. The molecular weight excluding hydrogens is 484 g/mol. The van der Waals surface area contributed by atoms with Crippen molar-refractivity contribution in [3.8, 4) is 17.1 Å². The largest absolute Gasteiger partial charge is 0.434 e. The average molecular weight is 504 g/mol. The number of hydrogen-bond donors (Lipinski definition) is 0. The first-order valence-corrected chi connectivity index (χ1v) is 10.7. The van der Waals surface area contributed by atoms with Crippen LogP contribution in [0.4, 0.5) is 23.2 Å². The molecule has 0 bridgehead atoms. The SMILES string of the molecule is CC1=NN(c2ccc(OC(F)F)c(-c3noc(C)n3)c2)C(=O)C1C(=O)Cc1cccc(C(C)(F)F)c1. The fourth-order valence-electron chi connectivity index (χ4n) is 3.81. The van der Waals surface area contributed by atoms with Crippen LogP contribution in [0, 0.1) is 12.8 Å². The van der Waals surface area contributed by atoms with E-state index < -0.39 is 30.1 Å². The molecule has 2 heterocycles. The van der Waals surface area contributed by atoms with Crippen LogP contribution in [0.5, 0.6) is 5.75 Å². The maximum absolute atomic E-state index is 13.7. The van der Waals surface area contributed by atoms with E-state index in [0.29, 0.717) is 5.56 Å².